The van der Waals surface area contributed by atoms with E-state index in [-0.39, 0.29) is 39.5 Å². The maximum Gasteiger partial charge on any atom is 0.185 e. The second-order valence-corrected chi connectivity index (χ2v) is 12.3. The molecule has 0 aliphatic carbocycles. The van der Waals surface area contributed by atoms with Gasteiger partial charge >= 0.3 is 0 Å². The fourth-order valence-corrected chi connectivity index (χ4v) is 6.23. The molecule has 6 nitrogen and oxygen atoms in total. The van der Waals surface area contributed by atoms with Crippen LogP contribution in [0.4, 0.5) is 16.0 Å². The lowest BCUT2D eigenvalue weighted by Gasteiger charge is -2.31. The standard InChI is InChI=1S/C20H22Cl2FN4O2P/c1-30(29)8-4-12(5-9-30)18(28)16-10-25-19-20(26-16)27(7-6-24-19)11-13-15(23)3-2-14(21)17(13)22/h2-3,10,12H,4-9,11H2,1H3,(H,24,25). The second-order valence-electron chi connectivity index (χ2n) is 7.98. The number of carbonyl (C=O) groups is 1. The number of fused-ring (bicyclic) bond motifs is 1. The Morgan fingerprint density at radius 1 is 1.33 bits per heavy atom. The molecule has 30 heavy (non-hydrogen) atoms. The van der Waals surface area contributed by atoms with Crippen LogP contribution < -0.4 is 10.2 Å². The topological polar surface area (TPSA) is 75.2 Å². The van der Waals surface area contributed by atoms with Crippen molar-refractivity contribution in [2.45, 2.75) is 19.4 Å². The van der Waals surface area contributed by atoms with Crippen molar-refractivity contribution in [3.8, 4) is 0 Å². The van der Waals surface area contributed by atoms with Crippen LogP contribution in [0.25, 0.3) is 0 Å². The highest BCUT2D eigenvalue weighted by atomic mass is 35.5. The average molecular weight is 471 g/mol. The smallest absolute Gasteiger partial charge is 0.185 e. The van der Waals surface area contributed by atoms with Gasteiger partial charge in [0.25, 0.3) is 0 Å². The molecule has 0 spiro atoms. The predicted octanol–water partition coefficient (Wildman–Crippen LogP) is 4.94. The van der Waals surface area contributed by atoms with E-state index < -0.39 is 13.0 Å². The highest BCUT2D eigenvalue weighted by Crippen LogP contribution is 2.48. The summed E-state index contributed by atoms with van der Waals surface area (Å²) in [6, 6.07) is 2.71. The van der Waals surface area contributed by atoms with Gasteiger partial charge in [0.1, 0.15) is 11.5 Å². The molecule has 0 amide bonds. The molecule has 3 heterocycles. The highest BCUT2D eigenvalue weighted by Gasteiger charge is 2.32. The molecule has 1 saturated heterocycles. The van der Waals surface area contributed by atoms with E-state index in [4.69, 9.17) is 23.2 Å². The number of carbonyl (C=O) groups excluding carboxylic acids is 1. The Balaban J connectivity index is 1.60. The molecular weight excluding hydrogens is 449 g/mol. The number of anilines is 2. The second kappa shape index (κ2) is 8.45. The molecule has 0 radical (unpaired) electrons. The van der Waals surface area contributed by atoms with Crippen molar-refractivity contribution in [1.82, 2.24) is 9.97 Å². The Morgan fingerprint density at radius 2 is 2.07 bits per heavy atom. The van der Waals surface area contributed by atoms with Crippen LogP contribution in [0.1, 0.15) is 28.9 Å². The minimum Gasteiger partial charge on any atom is -0.365 e. The molecule has 0 bridgehead atoms. The first-order valence-corrected chi connectivity index (χ1v) is 13.1. The molecule has 2 aliphatic heterocycles. The van der Waals surface area contributed by atoms with Crippen molar-refractivity contribution in [2.75, 3.05) is 42.3 Å². The van der Waals surface area contributed by atoms with Crippen LogP contribution in [0.3, 0.4) is 0 Å². The number of Topliss-reactive ketones (excluding diaryl/α,β-unsaturated/α-hetero) is 1. The molecule has 2 aromatic rings. The third-order valence-electron chi connectivity index (χ3n) is 5.74. The lowest BCUT2D eigenvalue weighted by molar-refractivity contribution is 0.0906. The van der Waals surface area contributed by atoms with E-state index in [1.54, 1.807) is 6.66 Å². The SMILES string of the molecule is CP1(=O)CCC(C(=O)c2cnc3c(n2)N(Cc2c(F)ccc(Cl)c2Cl)CCN3)CC1. The van der Waals surface area contributed by atoms with E-state index in [0.717, 1.165) is 0 Å². The third kappa shape index (κ3) is 4.34. The first-order valence-electron chi connectivity index (χ1n) is 9.83. The van der Waals surface area contributed by atoms with Crippen molar-refractivity contribution in [3.63, 3.8) is 0 Å². The van der Waals surface area contributed by atoms with E-state index >= 15 is 0 Å². The Morgan fingerprint density at radius 3 is 2.80 bits per heavy atom. The largest absolute Gasteiger partial charge is 0.365 e. The summed E-state index contributed by atoms with van der Waals surface area (Å²) in [7, 11) is -2.10. The summed E-state index contributed by atoms with van der Waals surface area (Å²) in [5, 5.41) is 3.61. The average Bonchev–Trinajstić information content (AvgIpc) is 2.73. The molecule has 160 valence electrons. The van der Waals surface area contributed by atoms with Crippen LogP contribution in [-0.2, 0) is 11.1 Å². The molecule has 10 heteroatoms. The minimum atomic E-state index is -2.10. The zero-order valence-corrected chi connectivity index (χ0v) is 18.9. The first-order chi connectivity index (χ1) is 14.2. The lowest BCUT2D eigenvalue weighted by atomic mass is 9.95. The van der Waals surface area contributed by atoms with E-state index in [2.05, 4.69) is 15.3 Å². The molecule has 1 N–H and O–H groups in total. The number of aromatic nitrogens is 2. The van der Waals surface area contributed by atoms with Crippen LogP contribution in [0.15, 0.2) is 18.3 Å². The molecule has 1 fully saturated rings. The van der Waals surface area contributed by atoms with Crippen molar-refractivity contribution in [3.05, 3.63) is 45.4 Å². The highest BCUT2D eigenvalue weighted by molar-refractivity contribution is 7.63. The van der Waals surface area contributed by atoms with Gasteiger partial charge in [0.05, 0.1) is 23.4 Å². The number of benzene rings is 1. The van der Waals surface area contributed by atoms with E-state index in [9.17, 15) is 13.8 Å². The fourth-order valence-electron chi connectivity index (χ4n) is 3.90. The number of nitrogens with zero attached hydrogens (tertiary/aromatic N) is 3. The molecule has 0 atom stereocenters. The third-order valence-corrected chi connectivity index (χ3v) is 8.99. The summed E-state index contributed by atoms with van der Waals surface area (Å²) in [5.74, 6) is 0.306. The number of hydrogen-bond acceptors (Lipinski definition) is 6. The van der Waals surface area contributed by atoms with E-state index in [0.29, 0.717) is 49.9 Å². The van der Waals surface area contributed by atoms with Crippen molar-refractivity contribution in [2.24, 2.45) is 5.92 Å². The summed E-state index contributed by atoms with van der Waals surface area (Å²) in [5.41, 5.74) is 0.555. The summed E-state index contributed by atoms with van der Waals surface area (Å²) in [4.78, 5) is 23.8. The van der Waals surface area contributed by atoms with Crippen LogP contribution in [-0.4, -0.2) is 47.8 Å². The van der Waals surface area contributed by atoms with Crippen LogP contribution in [0, 0.1) is 11.7 Å². The van der Waals surface area contributed by atoms with Gasteiger partial charge in [0.15, 0.2) is 17.4 Å². The summed E-state index contributed by atoms with van der Waals surface area (Å²) < 4.78 is 26.6. The summed E-state index contributed by atoms with van der Waals surface area (Å²) >= 11 is 12.3. The zero-order valence-electron chi connectivity index (χ0n) is 16.5. The number of ketones is 1. The first kappa shape index (κ1) is 21.5. The summed E-state index contributed by atoms with van der Waals surface area (Å²) in [6.45, 7) is 3.11. The van der Waals surface area contributed by atoms with Gasteiger partial charge in [0, 0.05) is 43.4 Å². The molecule has 0 unspecified atom stereocenters. The van der Waals surface area contributed by atoms with Crippen molar-refractivity contribution >= 4 is 47.8 Å². The van der Waals surface area contributed by atoms with E-state index in [1.165, 1.54) is 18.3 Å². The molecule has 1 aromatic carbocycles. The van der Waals surface area contributed by atoms with Crippen molar-refractivity contribution < 1.29 is 13.8 Å². The minimum absolute atomic E-state index is 0.0810. The van der Waals surface area contributed by atoms with Gasteiger partial charge < -0.3 is 14.8 Å². The quantitative estimate of drug-likeness (QED) is 0.387. The molecule has 2 aliphatic rings. The predicted molar refractivity (Wildman–Crippen MR) is 118 cm³/mol. The Kier molecular flexibility index (Phi) is 6.06. The molecule has 1 aromatic heterocycles. The molecule has 4 rings (SSSR count). The maximum atomic E-state index is 14.4. The number of nitrogens with one attached hydrogen (secondary N) is 1. The summed E-state index contributed by atoms with van der Waals surface area (Å²) in [6.07, 6.45) is 3.86. The van der Waals surface area contributed by atoms with Crippen LogP contribution in [0.5, 0.6) is 0 Å². The van der Waals surface area contributed by atoms with Gasteiger partial charge in [-0.2, -0.15) is 0 Å². The fraction of sp³-hybridized carbons (Fsp3) is 0.450. The van der Waals surface area contributed by atoms with Gasteiger partial charge in [-0.25, -0.2) is 14.4 Å². The number of rotatable bonds is 4. The van der Waals surface area contributed by atoms with Crippen LogP contribution in [0.2, 0.25) is 10.0 Å². The zero-order chi connectivity index (χ0) is 21.5. The Labute approximate surface area is 184 Å². The maximum absolute atomic E-state index is 14.4. The number of halogens is 3. The molecular formula is C20H22Cl2FN4O2P. The van der Waals surface area contributed by atoms with Gasteiger partial charge in [-0.05, 0) is 31.6 Å². The van der Waals surface area contributed by atoms with Gasteiger partial charge in [0.2, 0.25) is 0 Å². The van der Waals surface area contributed by atoms with E-state index in [1.807, 2.05) is 4.90 Å². The molecule has 0 saturated carbocycles. The van der Waals surface area contributed by atoms with Crippen LogP contribution >= 0.6 is 30.3 Å². The van der Waals surface area contributed by atoms with Gasteiger partial charge in [-0.1, -0.05) is 23.2 Å². The Bertz CT molecular complexity index is 1040. The van der Waals surface area contributed by atoms with Gasteiger partial charge in [-0.3, -0.25) is 4.79 Å². The normalized spacial score (nSPS) is 23.6. The lowest BCUT2D eigenvalue weighted by Crippen LogP contribution is -2.36. The van der Waals surface area contributed by atoms with Gasteiger partial charge in [-0.15, -0.1) is 0 Å². The Hall–Kier alpha value is -1.69. The number of hydrogen-bond donors (Lipinski definition) is 1. The monoisotopic (exact) mass is 470 g/mol. The van der Waals surface area contributed by atoms with Crippen molar-refractivity contribution in [1.29, 1.82) is 0 Å².